The van der Waals surface area contributed by atoms with Crippen molar-refractivity contribution in [3.63, 3.8) is 0 Å². The quantitative estimate of drug-likeness (QED) is 0.762. The fourth-order valence-corrected chi connectivity index (χ4v) is 3.69. The van der Waals surface area contributed by atoms with E-state index in [9.17, 15) is 8.42 Å². The molecular formula is C9H20ClN3O2S. The maximum absolute atomic E-state index is 11.9. The molecule has 2 aliphatic heterocycles. The summed E-state index contributed by atoms with van der Waals surface area (Å²) in [6.45, 7) is 3.34. The van der Waals surface area contributed by atoms with Crippen molar-refractivity contribution in [2.75, 3.05) is 40.3 Å². The van der Waals surface area contributed by atoms with E-state index in [1.807, 2.05) is 0 Å². The molecule has 1 N–H and O–H groups in total. The first-order valence-corrected chi connectivity index (χ1v) is 6.74. The topological polar surface area (TPSA) is 52.7 Å². The molecule has 0 aromatic carbocycles. The highest BCUT2D eigenvalue weighted by Gasteiger charge is 2.44. The number of nitrogens with one attached hydrogen (secondary N) is 1. The van der Waals surface area contributed by atoms with E-state index >= 15 is 0 Å². The molecule has 2 rings (SSSR count). The van der Waals surface area contributed by atoms with E-state index in [4.69, 9.17) is 0 Å². The number of halogens is 1. The number of hydrogen-bond acceptors (Lipinski definition) is 3. The number of nitrogens with zero attached hydrogens (tertiary/aromatic N) is 2. The average molecular weight is 270 g/mol. The summed E-state index contributed by atoms with van der Waals surface area (Å²) >= 11 is 0. The smallest absolute Gasteiger partial charge is 0.281 e. The number of hydrogen-bond donors (Lipinski definition) is 1. The molecule has 1 spiro atoms. The van der Waals surface area contributed by atoms with Gasteiger partial charge in [0.2, 0.25) is 0 Å². The first kappa shape index (κ1) is 14.2. The molecule has 0 aromatic rings. The van der Waals surface area contributed by atoms with Gasteiger partial charge in [-0.2, -0.15) is 17.0 Å². The van der Waals surface area contributed by atoms with Crippen molar-refractivity contribution in [2.24, 2.45) is 5.41 Å². The van der Waals surface area contributed by atoms with Crippen molar-refractivity contribution in [3.05, 3.63) is 0 Å². The van der Waals surface area contributed by atoms with Gasteiger partial charge in [-0.1, -0.05) is 0 Å². The van der Waals surface area contributed by atoms with Gasteiger partial charge in [0.25, 0.3) is 10.2 Å². The Bertz CT molecular complexity index is 339. The Kier molecular flexibility index (Phi) is 4.23. The van der Waals surface area contributed by atoms with Gasteiger partial charge in [-0.05, 0) is 24.8 Å². The fourth-order valence-electron chi connectivity index (χ4n) is 2.47. The summed E-state index contributed by atoms with van der Waals surface area (Å²) in [6.07, 6.45) is 2.10. The Hall–Kier alpha value is 0.120. The first-order chi connectivity index (χ1) is 6.96. The zero-order valence-electron chi connectivity index (χ0n) is 9.77. The fraction of sp³-hybridized carbons (Fsp3) is 1.00. The van der Waals surface area contributed by atoms with Gasteiger partial charge in [0.15, 0.2) is 0 Å². The van der Waals surface area contributed by atoms with Gasteiger partial charge in [-0.3, -0.25) is 0 Å². The van der Waals surface area contributed by atoms with Crippen LogP contribution in [-0.2, 0) is 10.2 Å². The van der Waals surface area contributed by atoms with E-state index in [0.29, 0.717) is 13.1 Å². The van der Waals surface area contributed by atoms with Crippen molar-refractivity contribution in [1.29, 1.82) is 0 Å². The molecular weight excluding hydrogens is 250 g/mol. The van der Waals surface area contributed by atoms with Crippen LogP contribution in [0.15, 0.2) is 0 Å². The largest absolute Gasteiger partial charge is 0.316 e. The maximum Gasteiger partial charge on any atom is 0.281 e. The molecule has 2 saturated heterocycles. The van der Waals surface area contributed by atoms with E-state index in [-0.39, 0.29) is 17.8 Å². The maximum atomic E-state index is 11.9. The molecule has 7 heteroatoms. The van der Waals surface area contributed by atoms with Crippen LogP contribution < -0.4 is 5.32 Å². The van der Waals surface area contributed by atoms with Crippen molar-refractivity contribution in [1.82, 2.24) is 13.9 Å². The SMILES string of the molecule is CN(C)S(=O)(=O)N1CCC2(CCNC2)C1.Cl. The lowest BCUT2D eigenvalue weighted by atomic mass is 9.87. The minimum atomic E-state index is -3.20. The Balaban J connectivity index is 0.00000128. The molecule has 2 heterocycles. The zero-order chi connectivity index (χ0) is 11.1. The van der Waals surface area contributed by atoms with Gasteiger partial charge in [-0.15, -0.1) is 12.4 Å². The van der Waals surface area contributed by atoms with E-state index in [2.05, 4.69) is 5.32 Å². The van der Waals surface area contributed by atoms with E-state index in [1.165, 1.54) is 4.31 Å². The standard InChI is InChI=1S/C9H19N3O2S.ClH/c1-11(2)15(13,14)12-6-4-9(8-12)3-5-10-7-9;/h10H,3-8H2,1-2H3;1H. The second-order valence-electron chi connectivity index (χ2n) is 4.80. The van der Waals surface area contributed by atoms with Gasteiger partial charge < -0.3 is 5.32 Å². The highest BCUT2D eigenvalue weighted by atomic mass is 35.5. The third kappa shape index (κ3) is 2.36. The van der Waals surface area contributed by atoms with Gasteiger partial charge in [-0.25, -0.2) is 0 Å². The van der Waals surface area contributed by atoms with Crippen molar-refractivity contribution in [3.8, 4) is 0 Å². The lowest BCUT2D eigenvalue weighted by Crippen LogP contribution is -2.40. The molecule has 1 atom stereocenters. The van der Waals surface area contributed by atoms with Crippen molar-refractivity contribution >= 4 is 22.6 Å². The van der Waals surface area contributed by atoms with Crippen LogP contribution in [0.25, 0.3) is 0 Å². The van der Waals surface area contributed by atoms with Crippen molar-refractivity contribution in [2.45, 2.75) is 12.8 Å². The lowest BCUT2D eigenvalue weighted by Gasteiger charge is -2.24. The summed E-state index contributed by atoms with van der Waals surface area (Å²) < 4.78 is 26.7. The van der Waals surface area contributed by atoms with Gasteiger partial charge >= 0.3 is 0 Å². The molecule has 0 radical (unpaired) electrons. The summed E-state index contributed by atoms with van der Waals surface area (Å²) in [5.41, 5.74) is 0.211. The van der Waals surface area contributed by atoms with Gasteiger partial charge in [0, 0.05) is 33.7 Å². The Labute approximate surface area is 104 Å². The first-order valence-electron chi connectivity index (χ1n) is 5.35. The summed E-state index contributed by atoms with van der Waals surface area (Å²) in [4.78, 5) is 0. The second-order valence-corrected chi connectivity index (χ2v) is 6.94. The second kappa shape index (κ2) is 4.78. The van der Waals surface area contributed by atoms with Crippen LogP contribution in [0.3, 0.4) is 0 Å². The zero-order valence-corrected chi connectivity index (χ0v) is 11.4. The molecule has 16 heavy (non-hydrogen) atoms. The van der Waals surface area contributed by atoms with Crippen molar-refractivity contribution < 1.29 is 8.42 Å². The molecule has 2 aliphatic rings. The van der Waals surface area contributed by atoms with Gasteiger partial charge in [0.1, 0.15) is 0 Å². The van der Waals surface area contributed by atoms with E-state index in [0.717, 1.165) is 25.9 Å². The minimum Gasteiger partial charge on any atom is -0.316 e. The van der Waals surface area contributed by atoms with E-state index in [1.54, 1.807) is 18.4 Å². The summed E-state index contributed by atoms with van der Waals surface area (Å²) in [6, 6.07) is 0. The molecule has 0 amide bonds. The Morgan fingerprint density at radius 3 is 2.50 bits per heavy atom. The van der Waals surface area contributed by atoms with Crippen LogP contribution in [0.5, 0.6) is 0 Å². The van der Waals surface area contributed by atoms with Crippen LogP contribution in [0.4, 0.5) is 0 Å². The van der Waals surface area contributed by atoms with Crippen LogP contribution in [0.2, 0.25) is 0 Å². The summed E-state index contributed by atoms with van der Waals surface area (Å²) in [5.74, 6) is 0. The third-order valence-corrected chi connectivity index (χ3v) is 5.41. The average Bonchev–Trinajstić information content (AvgIpc) is 2.77. The predicted octanol–water partition coefficient (Wildman–Crippen LogP) is -0.1000. The molecule has 96 valence electrons. The normalized spacial score (nSPS) is 31.2. The predicted molar refractivity (Wildman–Crippen MR) is 66.0 cm³/mol. The highest BCUT2D eigenvalue weighted by molar-refractivity contribution is 7.86. The molecule has 0 aliphatic carbocycles. The molecule has 2 fully saturated rings. The third-order valence-electron chi connectivity index (χ3n) is 3.52. The van der Waals surface area contributed by atoms with Crippen LogP contribution in [0, 0.1) is 5.41 Å². The van der Waals surface area contributed by atoms with Crippen LogP contribution in [0.1, 0.15) is 12.8 Å². The molecule has 0 saturated carbocycles. The van der Waals surface area contributed by atoms with Gasteiger partial charge in [0.05, 0.1) is 0 Å². The molecule has 5 nitrogen and oxygen atoms in total. The van der Waals surface area contributed by atoms with E-state index < -0.39 is 10.2 Å². The summed E-state index contributed by atoms with van der Waals surface area (Å²) in [7, 11) is -0.0202. The molecule has 0 bridgehead atoms. The molecule has 1 unspecified atom stereocenters. The summed E-state index contributed by atoms with van der Waals surface area (Å²) in [5, 5.41) is 3.32. The van der Waals surface area contributed by atoms with Crippen LogP contribution in [-0.4, -0.2) is 57.3 Å². The molecule has 0 aromatic heterocycles. The highest BCUT2D eigenvalue weighted by Crippen LogP contribution is 2.37. The Morgan fingerprint density at radius 2 is 2.00 bits per heavy atom. The lowest BCUT2D eigenvalue weighted by molar-refractivity contribution is 0.330. The van der Waals surface area contributed by atoms with Crippen LogP contribution >= 0.6 is 12.4 Å². The number of rotatable bonds is 2. The Morgan fingerprint density at radius 1 is 1.31 bits per heavy atom. The minimum absolute atomic E-state index is 0. The monoisotopic (exact) mass is 269 g/mol.